The van der Waals surface area contributed by atoms with Crippen LogP contribution >= 0.6 is 0 Å². The quantitative estimate of drug-likeness (QED) is 0.353. The highest BCUT2D eigenvalue weighted by molar-refractivity contribution is 5.86. The first-order chi connectivity index (χ1) is 18.2. The maximum Gasteiger partial charge on any atom is 0.246 e. The molecule has 10 heteroatoms. The number of aromatic amines is 1. The number of hydrogen-bond donors (Lipinski definition) is 4. The highest BCUT2D eigenvalue weighted by Crippen LogP contribution is 2.40. The van der Waals surface area contributed by atoms with Crippen molar-refractivity contribution < 1.29 is 4.79 Å². The second-order valence-electron chi connectivity index (χ2n) is 11.5. The van der Waals surface area contributed by atoms with E-state index in [2.05, 4.69) is 37.1 Å². The first kappa shape index (κ1) is 23.0. The van der Waals surface area contributed by atoms with Gasteiger partial charge in [-0.25, -0.2) is 4.52 Å². The van der Waals surface area contributed by atoms with E-state index in [9.17, 15) is 4.79 Å². The van der Waals surface area contributed by atoms with Crippen molar-refractivity contribution in [3.8, 4) is 0 Å². The van der Waals surface area contributed by atoms with Crippen molar-refractivity contribution in [3.05, 3.63) is 30.1 Å². The van der Waals surface area contributed by atoms with E-state index in [0.29, 0.717) is 23.7 Å². The largest absolute Gasteiger partial charge is 0.352 e. The van der Waals surface area contributed by atoms with Crippen LogP contribution in [0.1, 0.15) is 75.8 Å². The minimum atomic E-state index is -0.238. The Labute approximate surface area is 217 Å². The fourth-order valence-corrected chi connectivity index (χ4v) is 5.94. The lowest BCUT2D eigenvalue weighted by molar-refractivity contribution is -0.123. The first-order valence-corrected chi connectivity index (χ1v) is 14.2. The summed E-state index contributed by atoms with van der Waals surface area (Å²) in [7, 11) is 0. The number of carbonyl (C=O) groups is 1. The molecule has 3 aliphatic carbocycles. The van der Waals surface area contributed by atoms with E-state index < -0.39 is 0 Å². The summed E-state index contributed by atoms with van der Waals surface area (Å²) in [5, 5.41) is 22.8. The van der Waals surface area contributed by atoms with Gasteiger partial charge in [-0.1, -0.05) is 0 Å². The number of H-pyrrole nitrogens is 1. The molecule has 3 saturated carbocycles. The van der Waals surface area contributed by atoms with Gasteiger partial charge >= 0.3 is 0 Å². The minimum Gasteiger partial charge on any atom is -0.352 e. The number of carbonyl (C=O) groups excluding carboxylic acids is 1. The van der Waals surface area contributed by atoms with Crippen molar-refractivity contribution in [1.29, 1.82) is 0 Å². The van der Waals surface area contributed by atoms with Gasteiger partial charge in [0.15, 0.2) is 11.6 Å². The Morgan fingerprint density at radius 3 is 2.70 bits per heavy atom. The van der Waals surface area contributed by atoms with E-state index in [4.69, 9.17) is 10.1 Å². The van der Waals surface area contributed by atoms with Crippen LogP contribution in [0.2, 0.25) is 0 Å². The smallest absolute Gasteiger partial charge is 0.246 e. The average Bonchev–Trinajstić information content (AvgIpc) is 3.76. The van der Waals surface area contributed by atoms with E-state index in [1.807, 2.05) is 22.8 Å². The van der Waals surface area contributed by atoms with Crippen LogP contribution in [0.4, 0.5) is 17.6 Å². The number of hydrogen-bond acceptors (Lipinski definition) is 7. The third-order valence-electron chi connectivity index (χ3n) is 8.52. The average molecular weight is 504 g/mol. The van der Waals surface area contributed by atoms with Gasteiger partial charge in [-0.2, -0.15) is 10.1 Å². The Kier molecular flexibility index (Phi) is 5.99. The van der Waals surface area contributed by atoms with Crippen LogP contribution in [-0.4, -0.2) is 61.9 Å². The SMILES string of the molecule is O=C(NC1CCC(NCC2CC2)CC1)C1CCCN1c1nc(Nc2cc(C3CC3)[nH]n2)c2cccn2n1. The summed E-state index contributed by atoms with van der Waals surface area (Å²) in [6.45, 7) is 1.94. The minimum absolute atomic E-state index is 0.110. The molecule has 1 aliphatic heterocycles. The monoisotopic (exact) mass is 503 g/mol. The van der Waals surface area contributed by atoms with Crippen LogP contribution in [0.3, 0.4) is 0 Å². The molecular formula is C27H37N9O. The van der Waals surface area contributed by atoms with E-state index in [1.54, 1.807) is 0 Å². The molecule has 0 aromatic carbocycles. The van der Waals surface area contributed by atoms with E-state index >= 15 is 0 Å². The molecule has 7 rings (SSSR count). The van der Waals surface area contributed by atoms with Gasteiger partial charge in [0.1, 0.15) is 11.6 Å². The molecule has 10 nitrogen and oxygen atoms in total. The molecule has 0 radical (unpaired) electrons. The van der Waals surface area contributed by atoms with Crippen molar-refractivity contribution in [2.45, 2.75) is 88.3 Å². The summed E-state index contributed by atoms with van der Waals surface area (Å²) in [5.41, 5.74) is 2.05. The van der Waals surface area contributed by atoms with E-state index in [0.717, 1.165) is 62.3 Å². The fraction of sp³-hybridized carbons (Fsp3) is 0.630. The van der Waals surface area contributed by atoms with Gasteiger partial charge in [-0.15, -0.1) is 5.10 Å². The van der Waals surface area contributed by atoms with Gasteiger partial charge in [0.2, 0.25) is 11.9 Å². The molecule has 0 spiro atoms. The van der Waals surface area contributed by atoms with Gasteiger partial charge in [0.05, 0.1) is 0 Å². The standard InChI is InChI=1S/C27H37N9O/c37-26(29-20-11-9-19(10-12-20)28-16-17-5-6-17)23-4-1-13-35(23)27-31-25(22-3-2-14-36(22)34-27)30-24-15-21(32-33-24)18-7-8-18/h2-3,14-15,17-20,23,28H,1,4-13,16H2,(H,29,37)(H2,30,31,32,33,34). The van der Waals surface area contributed by atoms with Crippen LogP contribution in [0.25, 0.3) is 5.52 Å². The fourth-order valence-electron chi connectivity index (χ4n) is 5.94. The zero-order chi connectivity index (χ0) is 24.8. The lowest BCUT2D eigenvalue weighted by atomic mass is 9.91. The maximum atomic E-state index is 13.4. The van der Waals surface area contributed by atoms with Gasteiger partial charge < -0.3 is 20.9 Å². The Hall–Kier alpha value is -3.14. The zero-order valence-corrected chi connectivity index (χ0v) is 21.3. The summed E-state index contributed by atoms with van der Waals surface area (Å²) in [6, 6.07) is 6.66. The Morgan fingerprint density at radius 2 is 1.89 bits per heavy atom. The Balaban J connectivity index is 1.03. The molecule has 3 aromatic heterocycles. The number of aromatic nitrogens is 5. The maximum absolute atomic E-state index is 13.4. The molecule has 1 unspecified atom stereocenters. The number of nitrogens with zero attached hydrogens (tertiary/aromatic N) is 5. The molecule has 37 heavy (non-hydrogen) atoms. The number of rotatable bonds is 9. The molecule has 196 valence electrons. The van der Waals surface area contributed by atoms with Crippen LogP contribution in [0.5, 0.6) is 0 Å². The lowest BCUT2D eigenvalue weighted by Crippen LogP contribution is -2.49. The number of amides is 1. The van der Waals surface area contributed by atoms with Crippen LogP contribution < -0.4 is 20.9 Å². The Bertz CT molecular complexity index is 1250. The number of fused-ring (bicyclic) bond motifs is 1. The summed E-state index contributed by atoms with van der Waals surface area (Å²) in [4.78, 5) is 20.4. The number of anilines is 3. The van der Waals surface area contributed by atoms with Crippen LogP contribution in [0, 0.1) is 5.92 Å². The highest BCUT2D eigenvalue weighted by Gasteiger charge is 2.35. The van der Waals surface area contributed by atoms with Crippen LogP contribution in [0.15, 0.2) is 24.4 Å². The summed E-state index contributed by atoms with van der Waals surface area (Å²) in [6.07, 6.45) is 13.3. The van der Waals surface area contributed by atoms with Gasteiger partial charge in [-0.05, 0) is 88.8 Å². The molecule has 4 heterocycles. The molecule has 0 bridgehead atoms. The molecular weight excluding hydrogens is 466 g/mol. The normalized spacial score (nSPS) is 26.1. The van der Waals surface area contributed by atoms with Gasteiger partial charge in [0, 0.05) is 42.5 Å². The topological polar surface area (TPSA) is 115 Å². The summed E-state index contributed by atoms with van der Waals surface area (Å²) >= 11 is 0. The van der Waals surface area contributed by atoms with Crippen molar-refractivity contribution in [2.75, 3.05) is 23.3 Å². The van der Waals surface area contributed by atoms with Crippen LogP contribution in [-0.2, 0) is 4.79 Å². The predicted molar refractivity (Wildman–Crippen MR) is 142 cm³/mol. The highest BCUT2D eigenvalue weighted by atomic mass is 16.2. The molecule has 4 N–H and O–H groups in total. The molecule has 1 atom stereocenters. The summed E-state index contributed by atoms with van der Waals surface area (Å²) < 4.78 is 1.84. The lowest BCUT2D eigenvalue weighted by Gasteiger charge is -2.32. The van der Waals surface area contributed by atoms with Crippen molar-refractivity contribution in [1.82, 2.24) is 35.4 Å². The molecule has 3 aromatic rings. The van der Waals surface area contributed by atoms with Crippen molar-refractivity contribution in [3.63, 3.8) is 0 Å². The summed E-state index contributed by atoms with van der Waals surface area (Å²) in [5.74, 6) is 3.66. The molecule has 1 amide bonds. The Morgan fingerprint density at radius 1 is 1.05 bits per heavy atom. The first-order valence-electron chi connectivity index (χ1n) is 14.2. The zero-order valence-electron chi connectivity index (χ0n) is 21.3. The molecule has 1 saturated heterocycles. The molecule has 4 fully saturated rings. The van der Waals surface area contributed by atoms with Gasteiger partial charge in [0.25, 0.3) is 0 Å². The van der Waals surface area contributed by atoms with Gasteiger partial charge in [-0.3, -0.25) is 9.89 Å². The van der Waals surface area contributed by atoms with E-state index in [-0.39, 0.29) is 18.0 Å². The predicted octanol–water partition coefficient (Wildman–Crippen LogP) is 3.47. The third kappa shape index (κ3) is 5.03. The molecule has 4 aliphatic rings. The second kappa shape index (κ2) is 9.63. The van der Waals surface area contributed by atoms with E-state index in [1.165, 1.54) is 37.9 Å². The number of nitrogens with one attached hydrogen (secondary N) is 4. The van der Waals surface area contributed by atoms with Crippen molar-refractivity contribution in [2.24, 2.45) is 5.92 Å². The second-order valence-corrected chi connectivity index (χ2v) is 11.5. The third-order valence-corrected chi connectivity index (χ3v) is 8.52. The van der Waals surface area contributed by atoms with Crippen molar-refractivity contribution >= 4 is 29.0 Å².